The van der Waals surface area contributed by atoms with Crippen molar-refractivity contribution in [2.75, 3.05) is 24.3 Å². The molecule has 1 unspecified atom stereocenters. The van der Waals surface area contributed by atoms with Gasteiger partial charge in [-0.3, -0.25) is 0 Å². The fourth-order valence-electron chi connectivity index (χ4n) is 2.29. The Morgan fingerprint density at radius 1 is 1.44 bits per heavy atom. The van der Waals surface area contributed by atoms with Gasteiger partial charge in [-0.05, 0) is 44.2 Å². The first-order valence-corrected chi connectivity index (χ1v) is 6.89. The van der Waals surface area contributed by atoms with Crippen molar-refractivity contribution in [2.24, 2.45) is 5.92 Å². The van der Waals surface area contributed by atoms with Crippen LogP contribution in [0.15, 0.2) is 18.2 Å². The highest BCUT2D eigenvalue weighted by atomic mass is 16.5. The molecule has 0 aliphatic heterocycles. The van der Waals surface area contributed by atoms with E-state index in [2.05, 4.69) is 31.9 Å². The average Bonchev–Trinajstić information content (AvgIpc) is 3.20. The van der Waals surface area contributed by atoms with Crippen molar-refractivity contribution < 1.29 is 4.74 Å². The SMILES string of the molecule is CCCOc1cccc(N(C)C(C)C2CC2)c1N. The average molecular weight is 248 g/mol. The number of hydrogen-bond acceptors (Lipinski definition) is 3. The predicted molar refractivity (Wildman–Crippen MR) is 77.2 cm³/mol. The normalized spacial score (nSPS) is 16.4. The zero-order chi connectivity index (χ0) is 13.1. The highest BCUT2D eigenvalue weighted by molar-refractivity contribution is 5.74. The Morgan fingerprint density at radius 3 is 2.78 bits per heavy atom. The van der Waals surface area contributed by atoms with Crippen LogP contribution in [-0.2, 0) is 0 Å². The van der Waals surface area contributed by atoms with Crippen molar-refractivity contribution in [3.05, 3.63) is 18.2 Å². The Morgan fingerprint density at radius 2 is 2.17 bits per heavy atom. The zero-order valence-electron chi connectivity index (χ0n) is 11.6. The maximum absolute atomic E-state index is 6.22. The number of ether oxygens (including phenoxy) is 1. The Balaban J connectivity index is 2.16. The molecule has 1 atom stereocenters. The molecule has 0 amide bonds. The molecule has 0 bridgehead atoms. The summed E-state index contributed by atoms with van der Waals surface area (Å²) in [7, 11) is 2.12. The third-order valence-electron chi connectivity index (χ3n) is 3.80. The third-order valence-corrected chi connectivity index (χ3v) is 3.80. The van der Waals surface area contributed by atoms with E-state index in [4.69, 9.17) is 10.5 Å². The van der Waals surface area contributed by atoms with Crippen molar-refractivity contribution >= 4 is 11.4 Å². The van der Waals surface area contributed by atoms with E-state index in [1.165, 1.54) is 12.8 Å². The molecule has 1 aromatic rings. The first kappa shape index (κ1) is 13.1. The van der Waals surface area contributed by atoms with Crippen LogP contribution in [0.3, 0.4) is 0 Å². The van der Waals surface area contributed by atoms with Crippen molar-refractivity contribution in [3.8, 4) is 5.75 Å². The fourth-order valence-corrected chi connectivity index (χ4v) is 2.29. The Hall–Kier alpha value is -1.38. The summed E-state index contributed by atoms with van der Waals surface area (Å²) < 4.78 is 5.68. The number of nitrogen functional groups attached to an aromatic ring is 1. The Labute approximate surface area is 110 Å². The molecule has 100 valence electrons. The van der Waals surface area contributed by atoms with E-state index in [9.17, 15) is 0 Å². The second kappa shape index (κ2) is 5.51. The lowest BCUT2D eigenvalue weighted by molar-refractivity contribution is 0.319. The largest absolute Gasteiger partial charge is 0.491 e. The summed E-state index contributed by atoms with van der Waals surface area (Å²) in [5, 5.41) is 0. The van der Waals surface area contributed by atoms with E-state index in [1.807, 2.05) is 12.1 Å². The number of anilines is 2. The van der Waals surface area contributed by atoms with Crippen LogP contribution in [0.2, 0.25) is 0 Å². The zero-order valence-corrected chi connectivity index (χ0v) is 11.6. The predicted octanol–water partition coefficient (Wildman–Crippen LogP) is 3.29. The fraction of sp³-hybridized carbons (Fsp3) is 0.600. The maximum atomic E-state index is 6.22. The summed E-state index contributed by atoms with van der Waals surface area (Å²) in [6, 6.07) is 6.60. The molecule has 1 aliphatic rings. The number of rotatable bonds is 6. The molecule has 2 rings (SSSR count). The third kappa shape index (κ3) is 2.71. The van der Waals surface area contributed by atoms with Gasteiger partial charge in [0.15, 0.2) is 0 Å². The van der Waals surface area contributed by atoms with Gasteiger partial charge in [0.1, 0.15) is 5.75 Å². The van der Waals surface area contributed by atoms with Gasteiger partial charge in [0.2, 0.25) is 0 Å². The summed E-state index contributed by atoms with van der Waals surface area (Å²) in [4.78, 5) is 2.28. The lowest BCUT2D eigenvalue weighted by Crippen LogP contribution is -2.31. The second-order valence-corrected chi connectivity index (χ2v) is 5.23. The molecule has 3 nitrogen and oxygen atoms in total. The molecule has 2 N–H and O–H groups in total. The van der Waals surface area contributed by atoms with E-state index in [0.29, 0.717) is 6.04 Å². The number of para-hydroxylation sites is 1. The van der Waals surface area contributed by atoms with Crippen LogP contribution in [0, 0.1) is 5.92 Å². The molecule has 0 heterocycles. The molecule has 0 saturated heterocycles. The Bertz CT molecular complexity index is 401. The Kier molecular flexibility index (Phi) is 4.00. The van der Waals surface area contributed by atoms with Crippen LogP contribution in [0.1, 0.15) is 33.1 Å². The highest BCUT2D eigenvalue weighted by Crippen LogP contribution is 2.39. The van der Waals surface area contributed by atoms with Gasteiger partial charge in [-0.1, -0.05) is 13.0 Å². The minimum atomic E-state index is 0.550. The van der Waals surface area contributed by atoms with Crippen molar-refractivity contribution in [3.63, 3.8) is 0 Å². The lowest BCUT2D eigenvalue weighted by atomic mass is 10.1. The molecule has 1 fully saturated rings. The first-order valence-electron chi connectivity index (χ1n) is 6.89. The summed E-state index contributed by atoms with van der Waals surface area (Å²) in [5.41, 5.74) is 8.07. The lowest BCUT2D eigenvalue weighted by Gasteiger charge is -2.28. The minimum absolute atomic E-state index is 0.550. The van der Waals surface area contributed by atoms with Gasteiger partial charge < -0.3 is 15.4 Å². The topological polar surface area (TPSA) is 38.5 Å². The van der Waals surface area contributed by atoms with Crippen LogP contribution < -0.4 is 15.4 Å². The highest BCUT2D eigenvalue weighted by Gasteiger charge is 2.31. The number of nitrogens with two attached hydrogens (primary N) is 1. The van der Waals surface area contributed by atoms with E-state index in [-0.39, 0.29) is 0 Å². The summed E-state index contributed by atoms with van der Waals surface area (Å²) in [6.45, 7) is 5.09. The van der Waals surface area contributed by atoms with E-state index >= 15 is 0 Å². The molecule has 0 spiro atoms. The molecule has 1 aromatic carbocycles. The van der Waals surface area contributed by atoms with Gasteiger partial charge in [-0.15, -0.1) is 0 Å². The van der Waals surface area contributed by atoms with Gasteiger partial charge >= 0.3 is 0 Å². The standard InChI is InChI=1S/C15H24N2O/c1-4-10-18-14-7-5-6-13(15(14)16)17(3)11(2)12-8-9-12/h5-7,11-12H,4,8-10,16H2,1-3H3. The van der Waals surface area contributed by atoms with Gasteiger partial charge in [0.05, 0.1) is 18.0 Å². The number of nitrogens with zero attached hydrogens (tertiary/aromatic N) is 1. The second-order valence-electron chi connectivity index (χ2n) is 5.23. The van der Waals surface area contributed by atoms with Crippen LogP contribution in [0.25, 0.3) is 0 Å². The van der Waals surface area contributed by atoms with E-state index < -0.39 is 0 Å². The molecule has 1 aliphatic carbocycles. The molecule has 0 radical (unpaired) electrons. The monoisotopic (exact) mass is 248 g/mol. The number of hydrogen-bond donors (Lipinski definition) is 1. The van der Waals surface area contributed by atoms with Gasteiger partial charge in [0, 0.05) is 13.1 Å². The molecular weight excluding hydrogens is 224 g/mol. The van der Waals surface area contributed by atoms with Crippen LogP contribution in [-0.4, -0.2) is 19.7 Å². The quantitative estimate of drug-likeness (QED) is 0.785. The molecule has 18 heavy (non-hydrogen) atoms. The number of benzene rings is 1. The van der Waals surface area contributed by atoms with Gasteiger partial charge in [-0.2, -0.15) is 0 Å². The molecular formula is C15H24N2O. The van der Waals surface area contributed by atoms with Crippen molar-refractivity contribution in [2.45, 2.75) is 39.2 Å². The summed E-state index contributed by atoms with van der Waals surface area (Å²) in [6.07, 6.45) is 3.69. The van der Waals surface area contributed by atoms with E-state index in [0.717, 1.165) is 36.1 Å². The van der Waals surface area contributed by atoms with Gasteiger partial charge in [0.25, 0.3) is 0 Å². The van der Waals surface area contributed by atoms with Crippen molar-refractivity contribution in [1.29, 1.82) is 0 Å². The van der Waals surface area contributed by atoms with Crippen LogP contribution in [0.4, 0.5) is 11.4 Å². The molecule has 1 saturated carbocycles. The van der Waals surface area contributed by atoms with E-state index in [1.54, 1.807) is 0 Å². The first-order chi connectivity index (χ1) is 8.65. The summed E-state index contributed by atoms with van der Waals surface area (Å²) >= 11 is 0. The minimum Gasteiger partial charge on any atom is -0.491 e. The molecule has 0 aromatic heterocycles. The molecule has 3 heteroatoms. The van der Waals surface area contributed by atoms with Crippen molar-refractivity contribution in [1.82, 2.24) is 0 Å². The van der Waals surface area contributed by atoms with Crippen LogP contribution in [0.5, 0.6) is 5.75 Å². The van der Waals surface area contributed by atoms with Gasteiger partial charge in [-0.25, -0.2) is 0 Å². The maximum Gasteiger partial charge on any atom is 0.144 e. The summed E-state index contributed by atoms with van der Waals surface area (Å²) in [5.74, 6) is 1.64. The van der Waals surface area contributed by atoms with Crippen LogP contribution >= 0.6 is 0 Å². The smallest absolute Gasteiger partial charge is 0.144 e.